The molecule has 4 rings (SSSR count). The van der Waals surface area contributed by atoms with Gasteiger partial charge < -0.3 is 24.8 Å². The first-order chi connectivity index (χ1) is 19.1. The Bertz CT molecular complexity index is 1320. The van der Waals surface area contributed by atoms with Crippen molar-refractivity contribution in [3.05, 3.63) is 89.5 Å². The van der Waals surface area contributed by atoms with Crippen molar-refractivity contribution in [3.8, 4) is 16.9 Å². The van der Waals surface area contributed by atoms with Gasteiger partial charge in [-0.1, -0.05) is 60.7 Å². The Balaban J connectivity index is 1.33. The number of hydrogen-bond donors (Lipinski definition) is 2. The molecular formula is C32H36N2O6. The molecule has 0 saturated carbocycles. The van der Waals surface area contributed by atoms with Gasteiger partial charge in [0.2, 0.25) is 5.91 Å². The van der Waals surface area contributed by atoms with Crippen LogP contribution in [0.3, 0.4) is 0 Å². The lowest BCUT2D eigenvalue weighted by atomic mass is 9.98. The highest BCUT2D eigenvalue weighted by molar-refractivity contribution is 5.89. The molecule has 3 aromatic rings. The fraction of sp³-hybridized carbons (Fsp3) is 0.344. The van der Waals surface area contributed by atoms with Crippen molar-refractivity contribution in [2.24, 2.45) is 0 Å². The van der Waals surface area contributed by atoms with E-state index in [4.69, 9.17) is 14.2 Å². The number of benzene rings is 3. The summed E-state index contributed by atoms with van der Waals surface area (Å²) < 4.78 is 16.3. The quantitative estimate of drug-likeness (QED) is 0.368. The van der Waals surface area contributed by atoms with E-state index in [1.807, 2.05) is 81.4 Å². The van der Waals surface area contributed by atoms with E-state index in [0.717, 1.165) is 27.8 Å². The molecule has 0 saturated heterocycles. The maximum atomic E-state index is 12.9. The first kappa shape index (κ1) is 28.7. The summed E-state index contributed by atoms with van der Waals surface area (Å²) in [4.78, 5) is 37.9. The lowest BCUT2D eigenvalue weighted by molar-refractivity contribution is -0.145. The van der Waals surface area contributed by atoms with E-state index >= 15 is 0 Å². The summed E-state index contributed by atoms with van der Waals surface area (Å²) in [6, 6.07) is 21.5. The van der Waals surface area contributed by atoms with Crippen molar-refractivity contribution in [2.45, 2.75) is 57.7 Å². The number of nitrogens with one attached hydrogen (secondary N) is 2. The van der Waals surface area contributed by atoms with Gasteiger partial charge >= 0.3 is 12.1 Å². The van der Waals surface area contributed by atoms with E-state index in [1.54, 1.807) is 0 Å². The third kappa shape index (κ3) is 7.00. The van der Waals surface area contributed by atoms with Crippen LogP contribution in [0.2, 0.25) is 0 Å². The number of methoxy groups -OCH3 is 1. The summed E-state index contributed by atoms with van der Waals surface area (Å²) >= 11 is 0. The van der Waals surface area contributed by atoms with E-state index in [1.165, 1.54) is 14.0 Å². The maximum absolute atomic E-state index is 12.9. The third-order valence-corrected chi connectivity index (χ3v) is 6.66. The van der Waals surface area contributed by atoms with Gasteiger partial charge in [0, 0.05) is 12.3 Å². The van der Waals surface area contributed by atoms with Gasteiger partial charge in [0.15, 0.2) is 0 Å². The van der Waals surface area contributed by atoms with Crippen molar-refractivity contribution in [1.82, 2.24) is 10.6 Å². The van der Waals surface area contributed by atoms with Gasteiger partial charge in [0.25, 0.3) is 0 Å². The van der Waals surface area contributed by atoms with Gasteiger partial charge in [-0.3, -0.25) is 4.79 Å². The molecule has 0 aromatic heterocycles. The molecule has 8 nitrogen and oxygen atoms in total. The van der Waals surface area contributed by atoms with E-state index in [2.05, 4.69) is 22.8 Å². The molecule has 0 aliphatic heterocycles. The summed E-state index contributed by atoms with van der Waals surface area (Å²) in [7, 11) is 1.26. The molecule has 3 aromatic carbocycles. The molecule has 210 valence electrons. The van der Waals surface area contributed by atoms with Gasteiger partial charge in [-0.15, -0.1) is 0 Å². The Morgan fingerprint density at radius 3 is 1.98 bits per heavy atom. The molecule has 1 unspecified atom stereocenters. The van der Waals surface area contributed by atoms with Crippen LogP contribution in [0.25, 0.3) is 11.1 Å². The number of rotatable bonds is 9. The highest BCUT2D eigenvalue weighted by atomic mass is 16.5. The molecule has 2 N–H and O–H groups in total. The van der Waals surface area contributed by atoms with E-state index in [9.17, 15) is 14.4 Å². The molecule has 1 aliphatic rings. The lowest BCUT2D eigenvalue weighted by Crippen LogP contribution is -2.51. The Morgan fingerprint density at radius 1 is 0.850 bits per heavy atom. The third-order valence-electron chi connectivity index (χ3n) is 6.66. The lowest BCUT2D eigenvalue weighted by Gasteiger charge is -2.22. The number of amides is 2. The van der Waals surface area contributed by atoms with Crippen LogP contribution in [0.5, 0.6) is 5.75 Å². The van der Waals surface area contributed by atoms with Crippen molar-refractivity contribution < 1.29 is 28.6 Å². The second-order valence-corrected chi connectivity index (χ2v) is 10.8. The molecule has 0 bridgehead atoms. The van der Waals surface area contributed by atoms with Gasteiger partial charge in [0.1, 0.15) is 30.0 Å². The first-order valence-electron chi connectivity index (χ1n) is 13.3. The zero-order chi connectivity index (χ0) is 28.9. The molecular weight excluding hydrogens is 508 g/mol. The van der Waals surface area contributed by atoms with E-state index in [-0.39, 0.29) is 24.5 Å². The monoisotopic (exact) mass is 544 g/mol. The second-order valence-electron chi connectivity index (χ2n) is 10.8. The smallest absolute Gasteiger partial charge is 0.407 e. The molecule has 0 fully saturated rings. The summed E-state index contributed by atoms with van der Waals surface area (Å²) in [5.41, 5.74) is 4.94. The summed E-state index contributed by atoms with van der Waals surface area (Å²) in [5.74, 6) is -0.504. The minimum atomic E-state index is -0.939. The number of fused-ring (bicyclic) bond motifs is 3. The number of hydrogen-bond acceptors (Lipinski definition) is 6. The van der Waals surface area contributed by atoms with Crippen LogP contribution in [0.15, 0.2) is 72.8 Å². The van der Waals surface area contributed by atoms with E-state index in [0.29, 0.717) is 5.75 Å². The predicted molar refractivity (Wildman–Crippen MR) is 152 cm³/mol. The highest BCUT2D eigenvalue weighted by Crippen LogP contribution is 2.44. The molecule has 2 atom stereocenters. The predicted octanol–water partition coefficient (Wildman–Crippen LogP) is 4.99. The number of ether oxygens (including phenoxy) is 3. The SMILES string of the molecule is COC(=O)C(Cc1ccc(OC(C)(C)C)cc1)NC(=O)[C@H](C)NC(=O)OCC1c2ccccc2-c2ccccc21. The van der Waals surface area contributed by atoms with E-state index < -0.39 is 30.1 Å². The standard InChI is InChI=1S/C32H36N2O6/c1-20(29(35)34-28(30(36)38-5)18-21-14-16-22(17-15-21)40-32(2,3)4)33-31(37)39-19-27-25-12-8-6-10-23(25)24-11-7-9-13-26(24)27/h6-17,20,27-28H,18-19H2,1-5H3,(H,33,37)(H,34,35)/t20-,28?/m0/s1. The number of esters is 1. The molecule has 0 spiro atoms. The Hall–Kier alpha value is -4.33. The Morgan fingerprint density at radius 2 is 1.43 bits per heavy atom. The summed E-state index contributed by atoms with van der Waals surface area (Å²) in [6.45, 7) is 7.54. The van der Waals surface area contributed by atoms with Crippen LogP contribution in [-0.2, 0) is 25.5 Å². The Kier molecular flexibility index (Phi) is 8.77. The zero-order valence-corrected chi connectivity index (χ0v) is 23.5. The largest absolute Gasteiger partial charge is 0.488 e. The molecule has 2 amide bonds. The second kappa shape index (κ2) is 12.2. The van der Waals surface area contributed by atoms with Crippen molar-refractivity contribution in [3.63, 3.8) is 0 Å². The summed E-state index contributed by atoms with van der Waals surface area (Å²) in [5, 5.41) is 5.25. The van der Waals surface area contributed by atoms with Crippen molar-refractivity contribution >= 4 is 18.0 Å². The van der Waals surface area contributed by atoms with Crippen LogP contribution in [-0.4, -0.2) is 49.4 Å². The average molecular weight is 545 g/mol. The minimum absolute atomic E-state index is 0.0915. The van der Waals surface area contributed by atoms with Gasteiger partial charge in [0.05, 0.1) is 7.11 Å². The number of carbonyl (C=O) groups is 3. The fourth-order valence-electron chi connectivity index (χ4n) is 4.80. The van der Waals surface area contributed by atoms with Crippen molar-refractivity contribution in [2.75, 3.05) is 13.7 Å². The van der Waals surface area contributed by atoms with Crippen LogP contribution >= 0.6 is 0 Å². The van der Waals surface area contributed by atoms with Crippen molar-refractivity contribution in [1.29, 1.82) is 0 Å². The molecule has 0 radical (unpaired) electrons. The first-order valence-corrected chi connectivity index (χ1v) is 13.3. The summed E-state index contributed by atoms with van der Waals surface area (Å²) in [6.07, 6.45) is -0.500. The van der Waals surface area contributed by atoms with Gasteiger partial charge in [-0.05, 0) is 67.6 Å². The molecule has 1 aliphatic carbocycles. The minimum Gasteiger partial charge on any atom is -0.488 e. The molecule has 40 heavy (non-hydrogen) atoms. The molecule has 8 heteroatoms. The highest BCUT2D eigenvalue weighted by Gasteiger charge is 2.30. The Labute approximate surface area is 235 Å². The topological polar surface area (TPSA) is 103 Å². The van der Waals surface area contributed by atoms with Crippen LogP contribution in [0.1, 0.15) is 50.3 Å². The fourth-order valence-corrected chi connectivity index (χ4v) is 4.80. The van der Waals surface area contributed by atoms with Crippen LogP contribution in [0.4, 0.5) is 4.79 Å². The van der Waals surface area contributed by atoms with Gasteiger partial charge in [-0.25, -0.2) is 9.59 Å². The van der Waals surface area contributed by atoms with Gasteiger partial charge in [-0.2, -0.15) is 0 Å². The van der Waals surface area contributed by atoms with Crippen LogP contribution < -0.4 is 15.4 Å². The normalized spacial score (nSPS) is 13.8. The average Bonchev–Trinajstić information content (AvgIpc) is 3.24. The number of alkyl carbamates (subject to hydrolysis) is 1. The molecule has 0 heterocycles. The van der Waals surface area contributed by atoms with Crippen LogP contribution in [0, 0.1) is 0 Å². The number of carbonyl (C=O) groups excluding carboxylic acids is 3. The maximum Gasteiger partial charge on any atom is 0.407 e. The zero-order valence-electron chi connectivity index (χ0n) is 23.5.